The molecule has 120 valence electrons. The van der Waals surface area contributed by atoms with Gasteiger partial charge in [-0.05, 0) is 31.0 Å². The number of hydrogen-bond donors (Lipinski definition) is 1. The average molecular weight is 329 g/mol. The smallest absolute Gasteiger partial charge is 0.231 e. The Kier molecular flexibility index (Phi) is 4.43. The van der Waals surface area contributed by atoms with E-state index in [1.807, 2.05) is 36.6 Å². The van der Waals surface area contributed by atoms with Gasteiger partial charge in [-0.15, -0.1) is 11.3 Å². The summed E-state index contributed by atoms with van der Waals surface area (Å²) in [6.45, 7) is 4.38. The van der Waals surface area contributed by atoms with Gasteiger partial charge in [-0.2, -0.15) is 0 Å². The van der Waals surface area contributed by atoms with Gasteiger partial charge in [0.2, 0.25) is 11.8 Å². The maximum atomic E-state index is 12.3. The zero-order chi connectivity index (χ0) is 16.4. The fourth-order valence-electron chi connectivity index (χ4n) is 2.70. The van der Waals surface area contributed by atoms with E-state index in [4.69, 9.17) is 0 Å². The zero-order valence-corrected chi connectivity index (χ0v) is 14.0. The molecule has 2 amide bonds. The highest BCUT2D eigenvalue weighted by molar-refractivity contribution is 7.13. The summed E-state index contributed by atoms with van der Waals surface area (Å²) in [7, 11) is 0. The van der Waals surface area contributed by atoms with Crippen molar-refractivity contribution in [3.63, 3.8) is 0 Å². The molecule has 23 heavy (non-hydrogen) atoms. The van der Waals surface area contributed by atoms with Crippen LogP contribution in [0.15, 0.2) is 29.6 Å². The minimum absolute atomic E-state index is 0.00581. The lowest BCUT2D eigenvalue weighted by Gasteiger charge is -2.17. The summed E-state index contributed by atoms with van der Waals surface area (Å²) in [6, 6.07) is 7.93. The average Bonchev–Trinajstić information content (AvgIpc) is 3.13. The first-order valence-corrected chi connectivity index (χ1v) is 8.57. The Morgan fingerprint density at radius 1 is 1.48 bits per heavy atom. The highest BCUT2D eigenvalue weighted by Crippen LogP contribution is 2.27. The number of nitrogens with zero attached hydrogens (tertiary/aromatic N) is 2. The highest BCUT2D eigenvalue weighted by atomic mass is 32.1. The summed E-state index contributed by atoms with van der Waals surface area (Å²) in [6.07, 6.45) is 1.16. The van der Waals surface area contributed by atoms with Crippen molar-refractivity contribution < 1.29 is 9.59 Å². The molecule has 1 aromatic carbocycles. The number of rotatable bonds is 4. The molecule has 0 bridgehead atoms. The third-order valence-electron chi connectivity index (χ3n) is 3.98. The van der Waals surface area contributed by atoms with Crippen LogP contribution in [0.3, 0.4) is 0 Å². The van der Waals surface area contributed by atoms with E-state index in [-0.39, 0.29) is 24.2 Å². The summed E-state index contributed by atoms with van der Waals surface area (Å²) in [5.74, 6) is -0.479. The van der Waals surface area contributed by atoms with Crippen molar-refractivity contribution in [2.24, 2.45) is 5.92 Å². The van der Waals surface area contributed by atoms with E-state index in [9.17, 15) is 9.59 Å². The number of carbonyl (C=O) groups is 2. The molecule has 0 radical (unpaired) electrons. The first-order chi connectivity index (χ1) is 11.1. The van der Waals surface area contributed by atoms with Crippen molar-refractivity contribution in [1.29, 1.82) is 0 Å². The Balaban J connectivity index is 1.70. The van der Waals surface area contributed by atoms with Crippen LogP contribution >= 0.6 is 11.3 Å². The van der Waals surface area contributed by atoms with Crippen molar-refractivity contribution in [3.05, 3.63) is 40.9 Å². The van der Waals surface area contributed by atoms with E-state index in [2.05, 4.69) is 17.2 Å². The molecule has 1 saturated heterocycles. The van der Waals surface area contributed by atoms with Crippen LogP contribution in [0.5, 0.6) is 0 Å². The molecule has 1 aliphatic rings. The summed E-state index contributed by atoms with van der Waals surface area (Å²) in [5, 5.41) is 5.29. The number of anilines is 2. The Morgan fingerprint density at radius 2 is 2.30 bits per heavy atom. The van der Waals surface area contributed by atoms with Crippen LogP contribution in [0.2, 0.25) is 0 Å². The fourth-order valence-corrected chi connectivity index (χ4v) is 3.39. The van der Waals surface area contributed by atoms with Crippen LogP contribution in [0.4, 0.5) is 10.8 Å². The van der Waals surface area contributed by atoms with Gasteiger partial charge in [-0.25, -0.2) is 4.98 Å². The molecule has 2 heterocycles. The van der Waals surface area contributed by atoms with E-state index in [1.54, 1.807) is 4.90 Å². The Morgan fingerprint density at radius 3 is 3.00 bits per heavy atom. The topological polar surface area (TPSA) is 62.3 Å². The first-order valence-electron chi connectivity index (χ1n) is 7.69. The molecule has 0 saturated carbocycles. The van der Waals surface area contributed by atoms with Crippen LogP contribution in [0.1, 0.15) is 24.6 Å². The van der Waals surface area contributed by atoms with Crippen molar-refractivity contribution in [3.8, 4) is 0 Å². The molecule has 1 aliphatic heterocycles. The largest absolute Gasteiger partial charge is 0.312 e. The lowest BCUT2D eigenvalue weighted by molar-refractivity contribution is -0.122. The van der Waals surface area contributed by atoms with Gasteiger partial charge < -0.3 is 10.2 Å². The standard InChI is InChI=1S/C17H19N3O2S/c1-3-12-5-4-6-14(7-12)20-9-13(8-15(20)21)16(22)19-17-18-11(2)10-23-17/h4-7,10,13H,3,8-9H2,1-2H3,(H,18,19,22)/t13-/m0/s1. The Bertz CT molecular complexity index is 741. The summed E-state index contributed by atoms with van der Waals surface area (Å²) >= 11 is 1.40. The molecule has 2 aromatic rings. The van der Waals surface area contributed by atoms with Crippen LogP contribution in [-0.4, -0.2) is 23.3 Å². The molecule has 0 aliphatic carbocycles. The maximum absolute atomic E-state index is 12.3. The molecule has 0 spiro atoms. The number of benzene rings is 1. The molecule has 1 N–H and O–H groups in total. The maximum Gasteiger partial charge on any atom is 0.231 e. The van der Waals surface area contributed by atoms with Gasteiger partial charge in [0.15, 0.2) is 5.13 Å². The van der Waals surface area contributed by atoms with E-state index in [1.165, 1.54) is 16.9 Å². The highest BCUT2D eigenvalue weighted by Gasteiger charge is 2.35. The predicted molar refractivity (Wildman–Crippen MR) is 91.8 cm³/mol. The number of aryl methyl sites for hydroxylation is 2. The number of thiazole rings is 1. The van der Waals surface area contributed by atoms with E-state index in [0.29, 0.717) is 11.7 Å². The predicted octanol–water partition coefficient (Wildman–Crippen LogP) is 3.01. The second-order valence-electron chi connectivity index (χ2n) is 5.71. The number of hydrogen-bond acceptors (Lipinski definition) is 4. The SMILES string of the molecule is CCc1cccc(N2C[C@@H](C(=O)Nc3nc(C)cs3)CC2=O)c1. The van der Waals surface area contributed by atoms with E-state index in [0.717, 1.165) is 17.8 Å². The molecule has 1 fully saturated rings. The van der Waals surface area contributed by atoms with Gasteiger partial charge in [0, 0.05) is 24.0 Å². The third kappa shape index (κ3) is 3.42. The minimum Gasteiger partial charge on any atom is -0.312 e. The van der Waals surface area contributed by atoms with Gasteiger partial charge in [0.1, 0.15) is 0 Å². The fraction of sp³-hybridized carbons (Fsp3) is 0.353. The minimum atomic E-state index is -0.336. The van der Waals surface area contributed by atoms with Gasteiger partial charge >= 0.3 is 0 Å². The van der Waals surface area contributed by atoms with Crippen molar-refractivity contribution in [1.82, 2.24) is 4.98 Å². The normalized spacial score (nSPS) is 17.6. The number of aromatic nitrogens is 1. The van der Waals surface area contributed by atoms with Crippen LogP contribution in [0, 0.1) is 12.8 Å². The lowest BCUT2D eigenvalue weighted by Crippen LogP contribution is -2.28. The van der Waals surface area contributed by atoms with Crippen molar-refractivity contribution in [2.75, 3.05) is 16.8 Å². The van der Waals surface area contributed by atoms with Crippen LogP contribution in [-0.2, 0) is 16.0 Å². The van der Waals surface area contributed by atoms with E-state index < -0.39 is 0 Å². The quantitative estimate of drug-likeness (QED) is 0.938. The molecular weight excluding hydrogens is 310 g/mol. The van der Waals surface area contributed by atoms with E-state index >= 15 is 0 Å². The third-order valence-corrected chi connectivity index (χ3v) is 4.85. The molecule has 1 atom stereocenters. The van der Waals surface area contributed by atoms with Crippen LogP contribution < -0.4 is 10.2 Å². The zero-order valence-electron chi connectivity index (χ0n) is 13.2. The summed E-state index contributed by atoms with van der Waals surface area (Å²) < 4.78 is 0. The molecule has 5 nitrogen and oxygen atoms in total. The van der Waals surface area contributed by atoms with Gasteiger partial charge in [-0.1, -0.05) is 19.1 Å². The molecule has 6 heteroatoms. The molecular formula is C17H19N3O2S. The number of carbonyl (C=O) groups excluding carboxylic acids is 2. The number of amides is 2. The van der Waals surface area contributed by atoms with Crippen molar-refractivity contribution in [2.45, 2.75) is 26.7 Å². The van der Waals surface area contributed by atoms with Crippen molar-refractivity contribution >= 4 is 34.0 Å². The second-order valence-corrected chi connectivity index (χ2v) is 6.57. The lowest BCUT2D eigenvalue weighted by atomic mass is 10.1. The first kappa shape index (κ1) is 15.7. The van der Waals surface area contributed by atoms with Crippen LogP contribution in [0.25, 0.3) is 0 Å². The number of nitrogens with one attached hydrogen (secondary N) is 1. The molecule has 3 rings (SSSR count). The second kappa shape index (κ2) is 6.50. The molecule has 1 aromatic heterocycles. The summed E-state index contributed by atoms with van der Waals surface area (Å²) in [5.41, 5.74) is 2.93. The van der Waals surface area contributed by atoms with Gasteiger partial charge in [-0.3, -0.25) is 9.59 Å². The Hall–Kier alpha value is -2.21. The van der Waals surface area contributed by atoms with Gasteiger partial charge in [0.25, 0.3) is 0 Å². The molecule has 0 unspecified atom stereocenters. The Labute approximate surface area is 139 Å². The monoisotopic (exact) mass is 329 g/mol. The van der Waals surface area contributed by atoms with Gasteiger partial charge in [0.05, 0.1) is 11.6 Å². The summed E-state index contributed by atoms with van der Waals surface area (Å²) in [4.78, 5) is 30.6.